The molecule has 0 heterocycles. The maximum Gasteiger partial charge on any atom is 0.336 e. The van der Waals surface area contributed by atoms with E-state index in [0.29, 0.717) is 12.2 Å². The number of hydrogen-bond donors (Lipinski definition) is 1. The summed E-state index contributed by atoms with van der Waals surface area (Å²) in [5.74, 6) is -0.902. The van der Waals surface area contributed by atoms with E-state index in [9.17, 15) is 9.90 Å². The Morgan fingerprint density at radius 3 is 2.50 bits per heavy atom. The molecule has 0 aromatic heterocycles. The van der Waals surface area contributed by atoms with Gasteiger partial charge in [-0.2, -0.15) is 0 Å². The van der Waals surface area contributed by atoms with Crippen molar-refractivity contribution in [3.05, 3.63) is 42.0 Å². The van der Waals surface area contributed by atoms with Gasteiger partial charge in [0.15, 0.2) is 0 Å². The Labute approximate surface area is 118 Å². The zero-order valence-corrected chi connectivity index (χ0v) is 12.0. The van der Waals surface area contributed by atoms with Crippen LogP contribution in [0.2, 0.25) is 0 Å². The predicted octanol–water partition coefficient (Wildman–Crippen LogP) is 3.01. The van der Waals surface area contributed by atoms with Crippen LogP contribution in [-0.2, 0) is 4.74 Å². The van der Waals surface area contributed by atoms with Gasteiger partial charge in [0.1, 0.15) is 0 Å². The van der Waals surface area contributed by atoms with Gasteiger partial charge in [0, 0.05) is 31.3 Å². The summed E-state index contributed by atoms with van der Waals surface area (Å²) in [5.41, 5.74) is 1.34. The molecule has 0 aliphatic carbocycles. The van der Waals surface area contributed by atoms with E-state index in [1.807, 2.05) is 37.4 Å². The summed E-state index contributed by atoms with van der Waals surface area (Å²) in [7, 11) is 3.67. The number of methoxy groups -OCH3 is 1. The number of carboxylic acids is 1. The summed E-state index contributed by atoms with van der Waals surface area (Å²) in [6.07, 6.45) is 0. The minimum atomic E-state index is -0.902. The van der Waals surface area contributed by atoms with Crippen molar-refractivity contribution >= 4 is 22.4 Å². The van der Waals surface area contributed by atoms with Crippen molar-refractivity contribution < 1.29 is 14.6 Å². The summed E-state index contributed by atoms with van der Waals surface area (Å²) in [4.78, 5) is 13.4. The number of likely N-dealkylation sites (N-methyl/N-ethyl adjacent to an activating group) is 1. The van der Waals surface area contributed by atoms with Crippen molar-refractivity contribution in [1.82, 2.24) is 0 Å². The number of fused-ring (bicyclic) bond motifs is 1. The molecule has 0 bridgehead atoms. The number of rotatable bonds is 5. The van der Waals surface area contributed by atoms with E-state index in [4.69, 9.17) is 4.74 Å². The monoisotopic (exact) mass is 273 g/mol. The molecule has 106 valence electrons. The lowest BCUT2D eigenvalue weighted by atomic mass is 10.0. The summed E-state index contributed by atoms with van der Waals surface area (Å²) >= 11 is 0. The third-order valence-electron chi connectivity index (χ3n) is 3.58. The van der Waals surface area contributed by atoms with Gasteiger partial charge in [-0.3, -0.25) is 0 Å². The highest BCUT2D eigenvalue weighted by molar-refractivity contribution is 6.07. The standard InChI is InChI=1S/C16H19NO3/c1-11(10-20-3)17(2)15-9-8-14(16(18)19)12-6-4-5-7-13(12)15/h4-9,11H,10H2,1-3H3,(H,18,19). The first-order valence-electron chi connectivity index (χ1n) is 6.53. The number of carbonyl (C=O) groups is 1. The average Bonchev–Trinajstić information content (AvgIpc) is 2.45. The van der Waals surface area contributed by atoms with Crippen molar-refractivity contribution in [2.45, 2.75) is 13.0 Å². The summed E-state index contributed by atoms with van der Waals surface area (Å²) in [5, 5.41) is 11.0. The first-order valence-corrected chi connectivity index (χ1v) is 6.53. The highest BCUT2D eigenvalue weighted by atomic mass is 16.5. The van der Waals surface area contributed by atoms with E-state index < -0.39 is 5.97 Å². The van der Waals surface area contributed by atoms with Crippen molar-refractivity contribution in [1.29, 1.82) is 0 Å². The van der Waals surface area contributed by atoms with E-state index in [-0.39, 0.29) is 6.04 Å². The van der Waals surface area contributed by atoms with Crippen molar-refractivity contribution in [3.8, 4) is 0 Å². The molecule has 0 saturated carbocycles. The number of nitrogens with zero attached hydrogens (tertiary/aromatic N) is 1. The van der Waals surface area contributed by atoms with E-state index in [1.54, 1.807) is 13.2 Å². The van der Waals surface area contributed by atoms with Gasteiger partial charge in [-0.05, 0) is 24.4 Å². The fourth-order valence-electron chi connectivity index (χ4n) is 2.37. The first-order chi connectivity index (χ1) is 9.56. The molecule has 4 heteroatoms. The molecule has 2 aromatic carbocycles. The molecule has 1 N–H and O–H groups in total. The molecule has 0 amide bonds. The van der Waals surface area contributed by atoms with Gasteiger partial charge in [-0.1, -0.05) is 24.3 Å². The molecular formula is C16H19NO3. The molecule has 4 nitrogen and oxygen atoms in total. The SMILES string of the molecule is COCC(C)N(C)c1ccc(C(=O)O)c2ccccc12. The van der Waals surface area contributed by atoms with Crippen LogP contribution in [-0.4, -0.2) is 37.9 Å². The highest BCUT2D eigenvalue weighted by Gasteiger charge is 2.16. The number of anilines is 1. The Bertz CT molecular complexity index is 624. The molecule has 2 aromatic rings. The molecule has 0 fully saturated rings. The van der Waals surface area contributed by atoms with Crippen LogP contribution in [0.5, 0.6) is 0 Å². The summed E-state index contributed by atoms with van der Waals surface area (Å²) in [6.45, 7) is 2.69. The molecule has 0 aliphatic rings. The van der Waals surface area contributed by atoms with Crippen molar-refractivity contribution in [2.24, 2.45) is 0 Å². The lowest BCUT2D eigenvalue weighted by Gasteiger charge is -2.28. The lowest BCUT2D eigenvalue weighted by molar-refractivity contribution is 0.0699. The molecule has 0 radical (unpaired) electrons. The van der Waals surface area contributed by atoms with Crippen LogP contribution in [0.15, 0.2) is 36.4 Å². The second-order valence-electron chi connectivity index (χ2n) is 4.90. The molecular weight excluding hydrogens is 254 g/mol. The molecule has 0 aliphatic heterocycles. The number of carboxylic acid groups (broad SMARTS) is 1. The maximum atomic E-state index is 11.3. The van der Waals surface area contributed by atoms with Gasteiger partial charge < -0.3 is 14.7 Å². The van der Waals surface area contributed by atoms with Gasteiger partial charge in [0.25, 0.3) is 0 Å². The third-order valence-corrected chi connectivity index (χ3v) is 3.58. The molecule has 1 unspecified atom stereocenters. The van der Waals surface area contributed by atoms with Crippen LogP contribution in [0.3, 0.4) is 0 Å². The van der Waals surface area contributed by atoms with Crippen LogP contribution < -0.4 is 4.90 Å². The predicted molar refractivity (Wildman–Crippen MR) is 80.6 cm³/mol. The van der Waals surface area contributed by atoms with Crippen LogP contribution in [0.1, 0.15) is 17.3 Å². The second-order valence-corrected chi connectivity index (χ2v) is 4.90. The van der Waals surface area contributed by atoms with Gasteiger partial charge >= 0.3 is 5.97 Å². The van der Waals surface area contributed by atoms with E-state index in [2.05, 4.69) is 11.8 Å². The Hall–Kier alpha value is -2.07. The fourth-order valence-corrected chi connectivity index (χ4v) is 2.37. The van der Waals surface area contributed by atoms with Crippen LogP contribution in [0, 0.1) is 0 Å². The third kappa shape index (κ3) is 2.60. The summed E-state index contributed by atoms with van der Waals surface area (Å²) < 4.78 is 5.18. The Morgan fingerprint density at radius 1 is 1.25 bits per heavy atom. The lowest BCUT2D eigenvalue weighted by Crippen LogP contribution is -2.32. The van der Waals surface area contributed by atoms with Gasteiger partial charge in [-0.15, -0.1) is 0 Å². The van der Waals surface area contributed by atoms with Crippen molar-refractivity contribution in [2.75, 3.05) is 25.7 Å². The number of aromatic carboxylic acids is 1. The number of benzene rings is 2. The Balaban J connectivity index is 2.56. The molecule has 20 heavy (non-hydrogen) atoms. The zero-order valence-electron chi connectivity index (χ0n) is 12.0. The van der Waals surface area contributed by atoms with E-state index in [1.165, 1.54) is 0 Å². The highest BCUT2D eigenvalue weighted by Crippen LogP contribution is 2.30. The van der Waals surface area contributed by atoms with Crippen molar-refractivity contribution in [3.63, 3.8) is 0 Å². The number of ether oxygens (including phenoxy) is 1. The maximum absolute atomic E-state index is 11.3. The number of hydrogen-bond acceptors (Lipinski definition) is 3. The van der Waals surface area contributed by atoms with E-state index in [0.717, 1.165) is 16.5 Å². The zero-order chi connectivity index (χ0) is 14.7. The minimum Gasteiger partial charge on any atom is -0.478 e. The van der Waals surface area contributed by atoms with Crippen LogP contribution in [0.25, 0.3) is 10.8 Å². The second kappa shape index (κ2) is 5.92. The molecule has 2 rings (SSSR count). The largest absolute Gasteiger partial charge is 0.478 e. The van der Waals surface area contributed by atoms with Gasteiger partial charge in [-0.25, -0.2) is 4.79 Å². The normalized spacial score (nSPS) is 12.3. The fraction of sp³-hybridized carbons (Fsp3) is 0.312. The smallest absolute Gasteiger partial charge is 0.336 e. The average molecular weight is 273 g/mol. The van der Waals surface area contributed by atoms with Gasteiger partial charge in [0.05, 0.1) is 12.2 Å². The summed E-state index contributed by atoms with van der Waals surface area (Å²) in [6, 6.07) is 11.3. The molecule has 1 atom stereocenters. The Morgan fingerprint density at radius 2 is 1.90 bits per heavy atom. The quantitative estimate of drug-likeness (QED) is 0.909. The molecule has 0 saturated heterocycles. The first kappa shape index (κ1) is 14.3. The molecule has 0 spiro atoms. The van der Waals surface area contributed by atoms with Gasteiger partial charge in [0.2, 0.25) is 0 Å². The van der Waals surface area contributed by atoms with E-state index >= 15 is 0 Å². The van der Waals surface area contributed by atoms with Crippen LogP contribution >= 0.6 is 0 Å². The Kier molecular flexibility index (Phi) is 4.25. The minimum absolute atomic E-state index is 0.207. The van der Waals surface area contributed by atoms with Crippen LogP contribution in [0.4, 0.5) is 5.69 Å². The topological polar surface area (TPSA) is 49.8 Å².